The number of rotatable bonds is 5. The van der Waals surface area contributed by atoms with Crippen LogP contribution >= 0.6 is 0 Å². The molecule has 126 valence electrons. The number of hydrogen-bond donors (Lipinski definition) is 0. The summed E-state index contributed by atoms with van der Waals surface area (Å²) in [6.07, 6.45) is 0.272. The van der Waals surface area contributed by atoms with Gasteiger partial charge in [-0.25, -0.2) is 0 Å². The number of benzene rings is 1. The lowest BCUT2D eigenvalue weighted by Crippen LogP contribution is -2.34. The predicted octanol–water partition coefficient (Wildman–Crippen LogP) is 1.99. The molecule has 1 aliphatic heterocycles. The van der Waals surface area contributed by atoms with Gasteiger partial charge in [-0.05, 0) is 12.5 Å². The monoisotopic (exact) mass is 327 g/mol. The molecule has 3 rings (SSSR count). The summed E-state index contributed by atoms with van der Waals surface area (Å²) in [6.45, 7) is 3.22. The first-order valence-electron chi connectivity index (χ1n) is 8.02. The molecule has 1 aromatic heterocycles. The topological polar surface area (TPSA) is 66.7 Å². The summed E-state index contributed by atoms with van der Waals surface area (Å²) in [5.41, 5.74) is 1.79. The number of hydrogen-bond acceptors (Lipinski definition) is 4. The summed E-state index contributed by atoms with van der Waals surface area (Å²) >= 11 is 0. The number of likely N-dealkylation sites (tertiary alicyclic amines) is 1. The zero-order valence-corrected chi connectivity index (χ0v) is 13.9. The standard InChI is InChI=1S/C18H21N3O3/c1-13-8-16(19-24-13)12-20(2)18(23)15-9-17(22)21(11-15)10-14-6-4-3-5-7-14/h3-8,15H,9-12H2,1-2H3. The van der Waals surface area contributed by atoms with Gasteiger partial charge in [-0.1, -0.05) is 35.5 Å². The van der Waals surface area contributed by atoms with Crippen LogP contribution in [0.5, 0.6) is 0 Å². The van der Waals surface area contributed by atoms with E-state index in [-0.39, 0.29) is 24.2 Å². The second kappa shape index (κ2) is 6.86. The largest absolute Gasteiger partial charge is 0.361 e. The number of nitrogens with zero attached hydrogens (tertiary/aromatic N) is 3. The Morgan fingerprint density at radius 1 is 1.38 bits per heavy atom. The van der Waals surface area contributed by atoms with Gasteiger partial charge in [0.1, 0.15) is 11.5 Å². The van der Waals surface area contributed by atoms with Gasteiger partial charge < -0.3 is 14.3 Å². The molecule has 6 nitrogen and oxygen atoms in total. The van der Waals surface area contributed by atoms with E-state index in [0.29, 0.717) is 25.3 Å². The molecule has 0 N–H and O–H groups in total. The highest BCUT2D eigenvalue weighted by Gasteiger charge is 2.35. The van der Waals surface area contributed by atoms with Gasteiger partial charge in [0.05, 0.1) is 12.5 Å². The first-order chi connectivity index (χ1) is 11.5. The van der Waals surface area contributed by atoms with Gasteiger partial charge in [0.2, 0.25) is 11.8 Å². The third-order valence-electron chi connectivity index (χ3n) is 4.23. The van der Waals surface area contributed by atoms with Crippen molar-refractivity contribution in [1.82, 2.24) is 15.0 Å². The summed E-state index contributed by atoms with van der Waals surface area (Å²) in [7, 11) is 1.73. The molecule has 6 heteroatoms. The molecular formula is C18H21N3O3. The predicted molar refractivity (Wildman–Crippen MR) is 87.7 cm³/mol. The van der Waals surface area contributed by atoms with Crippen molar-refractivity contribution in [3.63, 3.8) is 0 Å². The summed E-state index contributed by atoms with van der Waals surface area (Å²) < 4.78 is 5.02. The van der Waals surface area contributed by atoms with Crippen LogP contribution in [-0.2, 0) is 22.7 Å². The second-order valence-corrected chi connectivity index (χ2v) is 6.28. The first kappa shape index (κ1) is 16.2. The van der Waals surface area contributed by atoms with Crippen LogP contribution in [0.15, 0.2) is 40.9 Å². The Bertz CT molecular complexity index is 726. The highest BCUT2D eigenvalue weighted by atomic mass is 16.5. The van der Waals surface area contributed by atoms with Gasteiger partial charge in [-0.15, -0.1) is 0 Å². The number of aromatic nitrogens is 1. The van der Waals surface area contributed by atoms with E-state index in [1.54, 1.807) is 16.8 Å². The van der Waals surface area contributed by atoms with Crippen molar-refractivity contribution < 1.29 is 14.1 Å². The Kier molecular flexibility index (Phi) is 4.64. The molecule has 0 spiro atoms. The highest BCUT2D eigenvalue weighted by molar-refractivity contribution is 5.89. The lowest BCUT2D eigenvalue weighted by atomic mass is 10.1. The fraction of sp³-hybridized carbons (Fsp3) is 0.389. The van der Waals surface area contributed by atoms with Crippen molar-refractivity contribution in [3.05, 3.63) is 53.4 Å². The molecule has 0 aliphatic carbocycles. The minimum absolute atomic E-state index is 0.0282. The molecule has 2 aromatic rings. The number of carbonyl (C=O) groups excluding carboxylic acids is 2. The molecular weight excluding hydrogens is 306 g/mol. The van der Waals surface area contributed by atoms with Gasteiger partial charge >= 0.3 is 0 Å². The summed E-state index contributed by atoms with van der Waals surface area (Å²) in [5, 5.41) is 3.90. The van der Waals surface area contributed by atoms with Crippen LogP contribution in [0.4, 0.5) is 0 Å². The SMILES string of the molecule is Cc1cc(CN(C)C(=O)C2CC(=O)N(Cc3ccccc3)C2)no1. The molecule has 1 atom stereocenters. The number of carbonyl (C=O) groups is 2. The van der Waals surface area contributed by atoms with Gasteiger partial charge in [-0.3, -0.25) is 9.59 Å². The molecule has 1 aliphatic rings. The summed E-state index contributed by atoms with van der Waals surface area (Å²) in [4.78, 5) is 28.2. The molecule has 1 unspecified atom stereocenters. The summed E-state index contributed by atoms with van der Waals surface area (Å²) in [5.74, 6) is 0.428. The van der Waals surface area contributed by atoms with Gasteiger partial charge in [-0.2, -0.15) is 0 Å². The molecule has 24 heavy (non-hydrogen) atoms. The van der Waals surface area contributed by atoms with E-state index >= 15 is 0 Å². The van der Waals surface area contributed by atoms with Gasteiger partial charge in [0.25, 0.3) is 0 Å². The lowest BCUT2D eigenvalue weighted by molar-refractivity contribution is -0.135. The van der Waals surface area contributed by atoms with Crippen molar-refractivity contribution in [2.75, 3.05) is 13.6 Å². The van der Waals surface area contributed by atoms with Crippen LogP contribution in [0, 0.1) is 12.8 Å². The Morgan fingerprint density at radius 2 is 2.12 bits per heavy atom. The maximum absolute atomic E-state index is 12.6. The number of amides is 2. The van der Waals surface area contributed by atoms with Gasteiger partial charge in [0, 0.05) is 32.6 Å². The Morgan fingerprint density at radius 3 is 2.79 bits per heavy atom. The third-order valence-corrected chi connectivity index (χ3v) is 4.23. The van der Waals surface area contributed by atoms with Crippen LogP contribution in [0.2, 0.25) is 0 Å². The fourth-order valence-electron chi connectivity index (χ4n) is 3.02. The summed E-state index contributed by atoms with van der Waals surface area (Å²) in [6, 6.07) is 11.6. The molecule has 1 aromatic carbocycles. The van der Waals surface area contributed by atoms with E-state index in [2.05, 4.69) is 5.16 Å². The lowest BCUT2D eigenvalue weighted by Gasteiger charge is -2.20. The smallest absolute Gasteiger partial charge is 0.228 e. The maximum atomic E-state index is 12.6. The molecule has 2 amide bonds. The van der Waals surface area contributed by atoms with E-state index in [0.717, 1.165) is 11.3 Å². The molecule has 0 bridgehead atoms. The van der Waals surface area contributed by atoms with Crippen LogP contribution in [0.25, 0.3) is 0 Å². The Labute approximate surface area is 141 Å². The van der Waals surface area contributed by atoms with Crippen molar-refractivity contribution in [2.45, 2.75) is 26.4 Å². The zero-order valence-electron chi connectivity index (χ0n) is 13.9. The molecule has 0 saturated carbocycles. The normalized spacial score (nSPS) is 17.3. The highest BCUT2D eigenvalue weighted by Crippen LogP contribution is 2.22. The molecule has 1 saturated heterocycles. The molecule has 2 heterocycles. The van der Waals surface area contributed by atoms with Crippen molar-refractivity contribution >= 4 is 11.8 Å². The maximum Gasteiger partial charge on any atom is 0.228 e. The quantitative estimate of drug-likeness (QED) is 0.842. The second-order valence-electron chi connectivity index (χ2n) is 6.28. The zero-order chi connectivity index (χ0) is 17.1. The molecule has 0 radical (unpaired) electrons. The van der Waals surface area contributed by atoms with Gasteiger partial charge in [0.15, 0.2) is 0 Å². The van der Waals surface area contributed by atoms with Crippen molar-refractivity contribution in [1.29, 1.82) is 0 Å². The van der Waals surface area contributed by atoms with E-state index < -0.39 is 0 Å². The van der Waals surface area contributed by atoms with Crippen LogP contribution in [0.1, 0.15) is 23.4 Å². The van der Waals surface area contributed by atoms with Crippen LogP contribution < -0.4 is 0 Å². The van der Waals surface area contributed by atoms with Crippen molar-refractivity contribution in [3.8, 4) is 0 Å². The first-order valence-corrected chi connectivity index (χ1v) is 8.02. The third kappa shape index (κ3) is 3.64. The minimum Gasteiger partial charge on any atom is -0.361 e. The number of aryl methyl sites for hydroxylation is 1. The Hall–Kier alpha value is -2.63. The van der Waals surface area contributed by atoms with Crippen LogP contribution in [0.3, 0.4) is 0 Å². The minimum atomic E-state index is -0.292. The van der Waals surface area contributed by atoms with E-state index in [1.165, 1.54) is 0 Å². The average molecular weight is 327 g/mol. The van der Waals surface area contributed by atoms with E-state index in [9.17, 15) is 9.59 Å². The van der Waals surface area contributed by atoms with E-state index in [1.807, 2.05) is 43.3 Å². The fourth-order valence-corrected chi connectivity index (χ4v) is 3.02. The molecule has 1 fully saturated rings. The average Bonchev–Trinajstić information content (AvgIpc) is 3.14. The van der Waals surface area contributed by atoms with E-state index in [4.69, 9.17) is 4.52 Å². The van der Waals surface area contributed by atoms with Crippen LogP contribution in [-0.4, -0.2) is 40.4 Å². The van der Waals surface area contributed by atoms with Crippen molar-refractivity contribution in [2.24, 2.45) is 5.92 Å². The Balaban J connectivity index is 1.59.